The molecule has 0 aliphatic carbocycles. The smallest absolute Gasteiger partial charge is 0.103 e. The fourth-order valence-corrected chi connectivity index (χ4v) is 2.16. The molecule has 0 bridgehead atoms. The minimum Gasteiger partial charge on any atom is -0.325 e. The van der Waals surface area contributed by atoms with Gasteiger partial charge >= 0.3 is 0 Å². The van der Waals surface area contributed by atoms with Crippen LogP contribution in [0.4, 0.5) is 0 Å². The summed E-state index contributed by atoms with van der Waals surface area (Å²) in [5, 5.41) is 3.19. The predicted molar refractivity (Wildman–Crippen MR) is 54.5 cm³/mol. The number of aromatic nitrogens is 1. The average molecular weight is 211 g/mol. The minimum atomic E-state index is 0. The molecule has 1 rings (SSSR count). The summed E-state index contributed by atoms with van der Waals surface area (Å²) < 4.78 is 0. The van der Waals surface area contributed by atoms with Gasteiger partial charge in [0.1, 0.15) is 5.01 Å². The molecule has 0 saturated heterocycles. The first-order valence-electron chi connectivity index (χ1n) is 2.99. The lowest BCUT2D eigenvalue weighted by Crippen LogP contribution is -1.95. The maximum Gasteiger partial charge on any atom is 0.103 e. The summed E-state index contributed by atoms with van der Waals surface area (Å²) in [6.45, 7) is 0.560. The predicted octanol–water partition coefficient (Wildman–Crippen LogP) is 1.89. The molecule has 2 nitrogen and oxygen atoms in total. The second kappa shape index (κ2) is 5.83. The van der Waals surface area contributed by atoms with Gasteiger partial charge in [-0.05, 0) is 6.26 Å². The second-order valence-electron chi connectivity index (χ2n) is 1.87. The Morgan fingerprint density at radius 2 is 2.45 bits per heavy atom. The molecule has 0 aliphatic rings. The number of rotatable bonds is 3. The van der Waals surface area contributed by atoms with Crippen LogP contribution in [-0.4, -0.2) is 11.2 Å². The van der Waals surface area contributed by atoms with Crippen LogP contribution in [0, 0.1) is 0 Å². The van der Waals surface area contributed by atoms with Crippen molar-refractivity contribution < 1.29 is 0 Å². The van der Waals surface area contributed by atoms with Gasteiger partial charge in [-0.15, -0.1) is 23.7 Å². The van der Waals surface area contributed by atoms with E-state index in [4.69, 9.17) is 5.73 Å². The van der Waals surface area contributed by atoms with Crippen LogP contribution < -0.4 is 5.73 Å². The third-order valence-corrected chi connectivity index (χ3v) is 2.72. The lowest BCUT2D eigenvalue weighted by Gasteiger charge is -1.87. The Morgan fingerprint density at radius 3 is 2.91 bits per heavy atom. The number of hydrogen-bond donors (Lipinski definition) is 1. The molecule has 1 aromatic rings. The molecule has 0 saturated carbocycles. The van der Waals surface area contributed by atoms with Crippen LogP contribution in [0.1, 0.15) is 10.7 Å². The highest BCUT2D eigenvalue weighted by atomic mass is 35.5. The maximum atomic E-state index is 5.40. The molecule has 0 fully saturated rings. The minimum absolute atomic E-state index is 0. The standard InChI is InChI=1S/C6H10N2S2.ClH/c1-9-4-6-8-5(2-7)3-10-6;/h3H,2,4,7H2,1H3;1H. The summed E-state index contributed by atoms with van der Waals surface area (Å²) >= 11 is 3.47. The molecular weight excluding hydrogens is 200 g/mol. The first-order chi connectivity index (χ1) is 4.86. The maximum absolute atomic E-state index is 5.40. The number of nitrogens with zero attached hydrogens (tertiary/aromatic N) is 1. The Morgan fingerprint density at radius 1 is 1.73 bits per heavy atom. The van der Waals surface area contributed by atoms with Crippen molar-refractivity contribution in [2.24, 2.45) is 5.73 Å². The largest absolute Gasteiger partial charge is 0.325 e. The van der Waals surface area contributed by atoms with Crippen LogP contribution >= 0.6 is 35.5 Å². The number of thioether (sulfide) groups is 1. The third-order valence-electron chi connectivity index (χ3n) is 1.08. The van der Waals surface area contributed by atoms with Gasteiger partial charge in [0.2, 0.25) is 0 Å². The summed E-state index contributed by atoms with van der Waals surface area (Å²) in [5.41, 5.74) is 6.41. The molecular formula is C6H11ClN2S2. The zero-order chi connectivity index (χ0) is 7.40. The zero-order valence-electron chi connectivity index (χ0n) is 6.24. The Hall–Kier alpha value is 0.230. The van der Waals surface area contributed by atoms with Gasteiger partial charge in [-0.2, -0.15) is 11.8 Å². The third kappa shape index (κ3) is 3.42. The lowest BCUT2D eigenvalue weighted by molar-refractivity contribution is 0.996. The van der Waals surface area contributed by atoms with Crippen LogP contribution in [0.25, 0.3) is 0 Å². The molecule has 2 N–H and O–H groups in total. The van der Waals surface area contributed by atoms with Crippen molar-refractivity contribution in [1.82, 2.24) is 4.98 Å². The van der Waals surface area contributed by atoms with Gasteiger partial charge in [0.25, 0.3) is 0 Å². The average Bonchev–Trinajstić information content (AvgIpc) is 2.37. The molecule has 0 aromatic carbocycles. The van der Waals surface area contributed by atoms with Gasteiger partial charge in [0, 0.05) is 17.7 Å². The molecule has 0 unspecified atom stereocenters. The normalized spacial score (nSPS) is 9.27. The zero-order valence-corrected chi connectivity index (χ0v) is 8.69. The van der Waals surface area contributed by atoms with Crippen molar-refractivity contribution in [3.05, 3.63) is 16.1 Å². The Kier molecular flexibility index (Phi) is 5.95. The number of nitrogens with two attached hydrogens (primary N) is 1. The first kappa shape index (κ1) is 11.2. The van der Waals surface area contributed by atoms with Crippen LogP contribution in [0.3, 0.4) is 0 Å². The van der Waals surface area contributed by atoms with Crippen LogP contribution in [0.5, 0.6) is 0 Å². The highest BCUT2D eigenvalue weighted by Gasteiger charge is 1.97. The van der Waals surface area contributed by atoms with Crippen molar-refractivity contribution in [2.75, 3.05) is 6.26 Å². The van der Waals surface area contributed by atoms with Gasteiger partial charge in [0.05, 0.1) is 5.69 Å². The fourth-order valence-electron chi connectivity index (χ4n) is 0.632. The summed E-state index contributed by atoms with van der Waals surface area (Å²) in [6, 6.07) is 0. The monoisotopic (exact) mass is 210 g/mol. The van der Waals surface area contributed by atoms with E-state index in [0.29, 0.717) is 6.54 Å². The highest BCUT2D eigenvalue weighted by molar-refractivity contribution is 7.97. The van der Waals surface area contributed by atoms with E-state index >= 15 is 0 Å². The van der Waals surface area contributed by atoms with Gasteiger partial charge in [-0.1, -0.05) is 0 Å². The first-order valence-corrected chi connectivity index (χ1v) is 5.26. The van der Waals surface area contributed by atoms with Crippen molar-refractivity contribution in [2.45, 2.75) is 12.3 Å². The number of thiazole rings is 1. The summed E-state index contributed by atoms with van der Waals surface area (Å²) in [6.07, 6.45) is 2.07. The summed E-state index contributed by atoms with van der Waals surface area (Å²) in [4.78, 5) is 4.29. The van der Waals surface area contributed by atoms with Crippen LogP contribution in [-0.2, 0) is 12.3 Å². The van der Waals surface area contributed by atoms with Crippen molar-refractivity contribution in [3.8, 4) is 0 Å². The van der Waals surface area contributed by atoms with E-state index < -0.39 is 0 Å². The highest BCUT2D eigenvalue weighted by Crippen LogP contribution is 2.14. The summed E-state index contributed by atoms with van der Waals surface area (Å²) in [7, 11) is 0. The van der Waals surface area contributed by atoms with Gasteiger partial charge < -0.3 is 5.73 Å². The van der Waals surface area contributed by atoms with Gasteiger partial charge in [-0.25, -0.2) is 4.98 Å². The molecule has 0 amide bonds. The van der Waals surface area contributed by atoms with Gasteiger partial charge in [-0.3, -0.25) is 0 Å². The summed E-state index contributed by atoms with van der Waals surface area (Å²) in [5.74, 6) is 1.00. The molecule has 11 heavy (non-hydrogen) atoms. The van der Waals surface area contributed by atoms with E-state index in [9.17, 15) is 0 Å². The molecule has 1 aromatic heterocycles. The molecule has 0 spiro atoms. The van der Waals surface area contributed by atoms with Crippen molar-refractivity contribution in [1.29, 1.82) is 0 Å². The second-order valence-corrected chi connectivity index (χ2v) is 3.68. The van der Waals surface area contributed by atoms with E-state index in [0.717, 1.165) is 11.4 Å². The topological polar surface area (TPSA) is 38.9 Å². The SMILES string of the molecule is CSCc1nc(CN)cs1.Cl. The molecule has 1 heterocycles. The number of hydrogen-bond acceptors (Lipinski definition) is 4. The molecule has 0 radical (unpaired) electrons. The van der Waals surface area contributed by atoms with Crippen LogP contribution in [0.15, 0.2) is 5.38 Å². The van der Waals surface area contributed by atoms with Crippen molar-refractivity contribution >= 4 is 35.5 Å². The van der Waals surface area contributed by atoms with E-state index in [-0.39, 0.29) is 12.4 Å². The fraction of sp³-hybridized carbons (Fsp3) is 0.500. The van der Waals surface area contributed by atoms with E-state index in [1.165, 1.54) is 5.01 Å². The molecule has 5 heteroatoms. The van der Waals surface area contributed by atoms with E-state index in [1.807, 2.05) is 5.38 Å². The number of halogens is 1. The molecule has 0 aliphatic heterocycles. The Bertz CT molecular complexity index is 202. The van der Waals surface area contributed by atoms with Crippen molar-refractivity contribution in [3.63, 3.8) is 0 Å². The molecule has 0 atom stereocenters. The van der Waals surface area contributed by atoms with E-state index in [2.05, 4.69) is 11.2 Å². The van der Waals surface area contributed by atoms with Crippen LogP contribution in [0.2, 0.25) is 0 Å². The molecule has 64 valence electrons. The lowest BCUT2D eigenvalue weighted by atomic mass is 10.5. The quantitative estimate of drug-likeness (QED) is 0.828. The van der Waals surface area contributed by atoms with E-state index in [1.54, 1.807) is 23.1 Å². The Labute approximate surface area is 81.0 Å². The van der Waals surface area contributed by atoms with Gasteiger partial charge in [0.15, 0.2) is 0 Å². The Balaban J connectivity index is 0.000001000.